The molecule has 0 bridgehead atoms. The first kappa shape index (κ1) is 22.3. The maximum Gasteiger partial charge on any atom is 0.338 e. The number of esters is 2. The van der Waals surface area contributed by atoms with E-state index in [1.165, 1.54) is 0 Å². The highest BCUT2D eigenvalue weighted by molar-refractivity contribution is 5.99. The second-order valence-corrected chi connectivity index (χ2v) is 7.47. The van der Waals surface area contributed by atoms with E-state index >= 15 is 0 Å². The number of anilines is 1. The van der Waals surface area contributed by atoms with E-state index in [2.05, 4.69) is 17.6 Å². The van der Waals surface area contributed by atoms with E-state index in [4.69, 9.17) is 9.47 Å². The number of rotatable bonds is 7. The van der Waals surface area contributed by atoms with Gasteiger partial charge in [0.25, 0.3) is 0 Å². The van der Waals surface area contributed by atoms with Gasteiger partial charge in [-0.05, 0) is 38.0 Å². The van der Waals surface area contributed by atoms with Crippen LogP contribution in [0.25, 0.3) is 0 Å². The van der Waals surface area contributed by atoms with Crippen LogP contribution in [0.4, 0.5) is 10.5 Å². The Morgan fingerprint density at radius 3 is 2.48 bits per heavy atom. The molecular formula is C22H27N3O6. The molecule has 1 saturated heterocycles. The molecule has 166 valence electrons. The summed E-state index contributed by atoms with van der Waals surface area (Å²) in [6.45, 7) is 5.48. The number of nitrogens with one attached hydrogen (secondary N) is 2. The first-order chi connectivity index (χ1) is 14.8. The van der Waals surface area contributed by atoms with Crippen LogP contribution in [0.1, 0.15) is 32.8 Å². The van der Waals surface area contributed by atoms with Gasteiger partial charge in [-0.2, -0.15) is 0 Å². The highest BCUT2D eigenvalue weighted by atomic mass is 16.5. The summed E-state index contributed by atoms with van der Waals surface area (Å²) in [6.07, 6.45) is 0.944. The second kappa shape index (κ2) is 9.63. The van der Waals surface area contributed by atoms with Crippen molar-refractivity contribution >= 4 is 29.6 Å². The molecule has 1 fully saturated rings. The lowest BCUT2D eigenvalue weighted by atomic mass is 10.0. The van der Waals surface area contributed by atoms with Gasteiger partial charge in [-0.15, -0.1) is 0 Å². The summed E-state index contributed by atoms with van der Waals surface area (Å²) in [4.78, 5) is 50.7. The molecule has 2 heterocycles. The molecule has 3 amide bonds. The molecule has 1 aromatic rings. The zero-order chi connectivity index (χ0) is 22.5. The Hall–Kier alpha value is -3.36. The molecule has 2 aliphatic heterocycles. The molecule has 0 unspecified atom stereocenters. The number of nitrogens with zero attached hydrogens (tertiary/aromatic N) is 1. The number of carbonyl (C=O) groups excluding carboxylic acids is 4. The first-order valence-corrected chi connectivity index (χ1v) is 10.4. The highest BCUT2D eigenvalue weighted by Crippen LogP contribution is 2.26. The lowest BCUT2D eigenvalue weighted by molar-refractivity contribution is -0.147. The van der Waals surface area contributed by atoms with Crippen LogP contribution >= 0.6 is 0 Å². The minimum atomic E-state index is -0.625. The fourth-order valence-electron chi connectivity index (χ4n) is 3.68. The van der Waals surface area contributed by atoms with Crippen LogP contribution in [0.3, 0.4) is 0 Å². The fraction of sp³-hybridized carbons (Fsp3) is 0.455. The summed E-state index contributed by atoms with van der Waals surface area (Å²) in [5.74, 6) is -1.93. The largest absolute Gasteiger partial charge is 0.463 e. The summed E-state index contributed by atoms with van der Waals surface area (Å²) in [5, 5.41) is 5.09. The van der Waals surface area contributed by atoms with E-state index in [1.54, 1.807) is 18.7 Å². The summed E-state index contributed by atoms with van der Waals surface area (Å²) in [5.41, 5.74) is 2.29. The molecule has 9 nitrogen and oxygen atoms in total. The van der Waals surface area contributed by atoms with Crippen molar-refractivity contribution < 1.29 is 28.7 Å². The van der Waals surface area contributed by atoms with Gasteiger partial charge in [-0.1, -0.05) is 19.1 Å². The molecule has 9 heteroatoms. The Bertz CT molecular complexity index is 908. The third-order valence-electron chi connectivity index (χ3n) is 5.34. The van der Waals surface area contributed by atoms with Crippen molar-refractivity contribution in [3.8, 4) is 0 Å². The maximum atomic E-state index is 12.6. The van der Waals surface area contributed by atoms with Gasteiger partial charge in [0.1, 0.15) is 6.61 Å². The number of amides is 3. The molecular weight excluding hydrogens is 402 g/mol. The van der Waals surface area contributed by atoms with E-state index in [0.717, 1.165) is 17.7 Å². The average Bonchev–Trinajstić information content (AvgIpc) is 3.13. The normalized spacial score (nSPS) is 20.9. The predicted octanol–water partition coefficient (Wildman–Crippen LogP) is 1.66. The summed E-state index contributed by atoms with van der Waals surface area (Å²) in [7, 11) is 0. The van der Waals surface area contributed by atoms with Crippen molar-refractivity contribution in [2.75, 3.05) is 24.7 Å². The lowest BCUT2D eigenvalue weighted by Crippen LogP contribution is -2.50. The lowest BCUT2D eigenvalue weighted by Gasteiger charge is -2.26. The predicted molar refractivity (Wildman–Crippen MR) is 112 cm³/mol. The zero-order valence-corrected chi connectivity index (χ0v) is 17.9. The van der Waals surface area contributed by atoms with Crippen molar-refractivity contribution in [1.29, 1.82) is 0 Å². The van der Waals surface area contributed by atoms with Crippen LogP contribution in [-0.2, 0) is 30.3 Å². The average molecular weight is 429 g/mol. The Balaban J connectivity index is 1.66. The van der Waals surface area contributed by atoms with E-state index in [-0.39, 0.29) is 43.4 Å². The van der Waals surface area contributed by atoms with Crippen LogP contribution in [0.2, 0.25) is 0 Å². The van der Waals surface area contributed by atoms with Gasteiger partial charge >= 0.3 is 18.0 Å². The van der Waals surface area contributed by atoms with E-state index in [9.17, 15) is 19.2 Å². The molecule has 31 heavy (non-hydrogen) atoms. The second-order valence-electron chi connectivity index (χ2n) is 7.47. The molecule has 0 spiro atoms. The van der Waals surface area contributed by atoms with E-state index in [1.807, 2.05) is 24.3 Å². The highest BCUT2D eigenvalue weighted by Gasteiger charge is 2.37. The number of ether oxygens (including phenoxy) is 2. The molecule has 2 aliphatic rings. The van der Waals surface area contributed by atoms with Gasteiger partial charge < -0.3 is 25.0 Å². The first-order valence-electron chi connectivity index (χ1n) is 10.4. The SMILES string of the molecule is CCOC(=O)C1=C(COC(=O)[C@@H]2CC(=O)N(c3ccc(CC)cc3)C2)NC(=O)N[C@H]1C. The molecule has 0 aromatic heterocycles. The number of benzene rings is 1. The molecule has 0 radical (unpaired) electrons. The van der Waals surface area contributed by atoms with Gasteiger partial charge in [0.15, 0.2) is 0 Å². The van der Waals surface area contributed by atoms with Crippen LogP contribution in [0, 0.1) is 5.92 Å². The molecule has 2 N–H and O–H groups in total. The summed E-state index contributed by atoms with van der Waals surface area (Å²) < 4.78 is 10.4. The summed E-state index contributed by atoms with van der Waals surface area (Å²) in [6, 6.07) is 6.57. The van der Waals surface area contributed by atoms with Gasteiger partial charge in [0.2, 0.25) is 5.91 Å². The van der Waals surface area contributed by atoms with Gasteiger partial charge in [0.05, 0.1) is 29.8 Å². The summed E-state index contributed by atoms with van der Waals surface area (Å²) >= 11 is 0. The van der Waals surface area contributed by atoms with Crippen LogP contribution < -0.4 is 15.5 Å². The fourth-order valence-corrected chi connectivity index (χ4v) is 3.68. The third kappa shape index (κ3) is 5.04. The molecule has 0 aliphatic carbocycles. The number of carbonyl (C=O) groups is 4. The quantitative estimate of drug-likeness (QED) is 0.638. The van der Waals surface area contributed by atoms with Crippen molar-refractivity contribution in [3.63, 3.8) is 0 Å². The maximum absolute atomic E-state index is 12.6. The smallest absolute Gasteiger partial charge is 0.338 e. The zero-order valence-electron chi connectivity index (χ0n) is 17.9. The van der Waals surface area contributed by atoms with Crippen molar-refractivity contribution in [1.82, 2.24) is 10.6 Å². The topological polar surface area (TPSA) is 114 Å². The molecule has 1 aromatic carbocycles. The van der Waals surface area contributed by atoms with Crippen molar-refractivity contribution in [2.24, 2.45) is 5.92 Å². The van der Waals surface area contributed by atoms with Crippen LogP contribution in [0.15, 0.2) is 35.5 Å². The Morgan fingerprint density at radius 1 is 1.13 bits per heavy atom. The monoisotopic (exact) mass is 429 g/mol. The van der Waals surface area contributed by atoms with Crippen LogP contribution in [0.5, 0.6) is 0 Å². The van der Waals surface area contributed by atoms with Crippen LogP contribution in [-0.4, -0.2) is 49.7 Å². The number of hydrogen-bond donors (Lipinski definition) is 2. The minimum absolute atomic E-state index is 0.0441. The Kier molecular flexibility index (Phi) is 6.94. The van der Waals surface area contributed by atoms with Gasteiger partial charge in [-0.3, -0.25) is 9.59 Å². The number of hydrogen-bond acceptors (Lipinski definition) is 6. The molecule has 2 atom stereocenters. The van der Waals surface area contributed by atoms with Gasteiger partial charge in [-0.25, -0.2) is 9.59 Å². The Morgan fingerprint density at radius 2 is 1.84 bits per heavy atom. The van der Waals surface area contributed by atoms with E-state index < -0.39 is 29.9 Å². The number of aryl methyl sites for hydroxylation is 1. The minimum Gasteiger partial charge on any atom is -0.463 e. The Labute approximate surface area is 180 Å². The van der Waals surface area contributed by atoms with Crippen molar-refractivity contribution in [3.05, 3.63) is 41.1 Å². The third-order valence-corrected chi connectivity index (χ3v) is 5.34. The number of urea groups is 1. The standard InChI is InChI=1S/C22H27N3O6/c1-4-14-6-8-16(9-7-14)25-11-15(10-18(25)26)20(27)31-12-17-19(21(28)30-5-2)13(3)23-22(29)24-17/h6-9,13,15H,4-5,10-12H2,1-3H3,(H2,23,24,29)/t13-,15+/m0/s1. The van der Waals surface area contributed by atoms with E-state index in [0.29, 0.717) is 0 Å². The molecule has 3 rings (SSSR count). The van der Waals surface area contributed by atoms with Gasteiger partial charge in [0, 0.05) is 18.7 Å². The van der Waals surface area contributed by atoms with Crippen molar-refractivity contribution in [2.45, 2.75) is 39.7 Å². The molecule has 0 saturated carbocycles.